The fraction of sp³-hybridized carbons (Fsp3) is 0.505. The van der Waals surface area contributed by atoms with Crippen molar-refractivity contribution >= 4 is 59.8 Å². The first-order valence-corrected chi connectivity index (χ1v) is 45.2. The first-order chi connectivity index (χ1) is 57.5. The van der Waals surface area contributed by atoms with Crippen LogP contribution in [0.15, 0.2) is 150 Å². The van der Waals surface area contributed by atoms with E-state index in [9.17, 15) is 26.4 Å². The highest BCUT2D eigenvalue weighted by Gasteiger charge is 2.24. The quantitative estimate of drug-likeness (QED) is 0.0785. The number of ether oxygens (including phenoxy) is 4. The molecule has 0 unspecified atom stereocenters. The van der Waals surface area contributed by atoms with Gasteiger partial charge in [0.15, 0.2) is 21.2 Å². The summed E-state index contributed by atoms with van der Waals surface area (Å²) in [5, 5.41) is 15.8. The third-order valence-electron chi connectivity index (χ3n) is 20.3. The van der Waals surface area contributed by atoms with Crippen molar-refractivity contribution in [1.29, 1.82) is 0 Å². The van der Waals surface area contributed by atoms with Gasteiger partial charge in [-0.05, 0) is 153 Å². The zero-order valence-corrected chi connectivity index (χ0v) is 75.8. The number of rotatable bonds is 14. The smallest absolute Gasteiger partial charge is 0.325 e. The summed E-state index contributed by atoms with van der Waals surface area (Å²) in [7, 11) is -6.74. The number of nitrogens with zero attached hydrogens (tertiary/aromatic N) is 16. The highest BCUT2D eigenvalue weighted by molar-refractivity contribution is 7.90. The standard InChI is InChI=1S/C12H18N2O.C12H16N2O.C11H19N3.C10H14N2O.C10H13NO2.C9H11N3O.C9H13NO2S.C8H10N4.C8H12N2O2S.2CH4/c1-10(2)11-7-12(9-13-8-11)14-3-5-15-6-4-14;1-9(2)10-6-11(8-13-7-10)14-5-3-4-12(14)15;1-4-13-5-6-14-10(9(2)3)7-12-11(14)8-13;1-7(2)8-5-9-10(12-6-8)13-4-3-11-9;1-7(2)8-5-9-10(11-6-8)13-4-3-12-9;1-5(2)6-3-7-8(10-4-6)12-9(13)11-7;1-7(2)8-4-9(6-10-5-8)13(3,11)12;1-6(2)7-3-9-8-11-10-5-12(8)4-7;1-6(2)7-3-8(5-10-4-7)13(9,11)12;;/h7-10H,3-6H2,1-2H3;6-9H,3-5H2,1-2H3;7,9H,4-6,8H2,1-3H3;5-7,11H,3-4H2,1-2H3;5-7H,3-4H2,1-2H3;3-5H,1-2H3,(H2,10,11,12,13);4-7H,1-3H3;3-6H,1-2H3;3-6H,1-2H3,(H2,9,11,12);2*1H4. The van der Waals surface area contributed by atoms with Gasteiger partial charge in [-0.25, -0.2) is 51.7 Å². The van der Waals surface area contributed by atoms with Crippen molar-refractivity contribution in [2.75, 3.05) is 93.7 Å². The van der Waals surface area contributed by atoms with Crippen LogP contribution in [0.4, 0.5) is 17.1 Å². The Morgan fingerprint density at radius 1 is 0.488 bits per heavy atom. The lowest BCUT2D eigenvalue weighted by molar-refractivity contribution is -0.117. The van der Waals surface area contributed by atoms with Crippen LogP contribution < -0.4 is 40.2 Å². The molecular weight excluding hydrogens is 1600 g/mol. The molecule has 0 saturated carbocycles. The molecular formula is C91H134N20O10S2. The van der Waals surface area contributed by atoms with Crippen molar-refractivity contribution in [2.24, 2.45) is 5.14 Å². The molecule has 11 aromatic heterocycles. The second kappa shape index (κ2) is 48.4. The number of hydrogen-bond acceptors (Lipinski definition) is 24. The van der Waals surface area contributed by atoms with Gasteiger partial charge in [0, 0.05) is 132 Å². The van der Waals surface area contributed by atoms with Crippen LogP contribution in [0.2, 0.25) is 0 Å². The third kappa shape index (κ3) is 31.0. The molecule has 670 valence electrons. The second-order valence-electron chi connectivity index (χ2n) is 32.8. The second-order valence-corrected chi connectivity index (χ2v) is 36.4. The number of amides is 1. The first kappa shape index (κ1) is 101. The zero-order chi connectivity index (χ0) is 88.3. The fourth-order valence-electron chi connectivity index (χ4n) is 12.4. The van der Waals surface area contributed by atoms with E-state index in [1.165, 1.54) is 70.2 Å². The summed E-state index contributed by atoms with van der Waals surface area (Å²) in [5.41, 5.74) is 14.8. The number of nitrogens with two attached hydrogens (primary N) is 1. The van der Waals surface area contributed by atoms with Gasteiger partial charge in [0.05, 0.1) is 59.6 Å². The number of primary sulfonamides is 1. The van der Waals surface area contributed by atoms with Gasteiger partial charge < -0.3 is 43.6 Å². The molecule has 16 rings (SSSR count). The molecule has 0 aliphatic carbocycles. The van der Waals surface area contributed by atoms with E-state index in [1.54, 1.807) is 43.2 Å². The van der Waals surface area contributed by atoms with Gasteiger partial charge in [-0.2, -0.15) is 0 Å². The van der Waals surface area contributed by atoms with Crippen LogP contribution in [0.1, 0.15) is 269 Å². The zero-order valence-electron chi connectivity index (χ0n) is 74.1. The third-order valence-corrected chi connectivity index (χ3v) is 22.3. The van der Waals surface area contributed by atoms with Crippen molar-refractivity contribution in [3.05, 3.63) is 202 Å². The maximum atomic E-state index is 11.6. The number of morpholine rings is 1. The number of fused-ring (bicyclic) bond motifs is 5. The Morgan fingerprint density at radius 3 is 1.57 bits per heavy atom. The van der Waals surface area contributed by atoms with Crippen molar-refractivity contribution < 1.29 is 40.6 Å². The van der Waals surface area contributed by atoms with E-state index < -0.39 is 19.9 Å². The molecule has 0 spiro atoms. The maximum absolute atomic E-state index is 11.6. The number of imidazole rings is 2. The average molecular weight is 1730 g/mol. The van der Waals surface area contributed by atoms with Crippen molar-refractivity contribution in [3.8, 4) is 17.5 Å². The van der Waals surface area contributed by atoms with Crippen molar-refractivity contribution in [2.45, 2.75) is 235 Å². The Labute approximate surface area is 728 Å². The Morgan fingerprint density at radius 2 is 1.00 bits per heavy atom. The number of likely N-dealkylation sites (N-methyl/N-ethyl adjacent to an activating group) is 1. The Kier molecular flexibility index (Phi) is 39.8. The normalized spacial score (nSPS) is 14.0. The topological polar surface area (TPSA) is 370 Å². The number of sulfone groups is 1. The van der Waals surface area contributed by atoms with Crippen LogP contribution in [0.25, 0.3) is 16.9 Å². The van der Waals surface area contributed by atoms with Gasteiger partial charge in [-0.1, -0.05) is 146 Å². The van der Waals surface area contributed by atoms with Crippen molar-refractivity contribution in [1.82, 2.24) is 78.9 Å². The maximum Gasteiger partial charge on any atom is 0.325 e. The number of sulfonamides is 1. The molecule has 11 aromatic rings. The molecule has 0 atom stereocenters. The van der Waals surface area contributed by atoms with E-state index in [2.05, 4.69) is 207 Å². The highest BCUT2D eigenvalue weighted by Crippen LogP contribution is 2.32. The minimum atomic E-state index is -3.62. The highest BCUT2D eigenvalue weighted by atomic mass is 32.2. The summed E-state index contributed by atoms with van der Waals surface area (Å²) in [4.78, 5) is 72.1. The molecule has 0 bridgehead atoms. The summed E-state index contributed by atoms with van der Waals surface area (Å²) in [6.45, 7) is 51.9. The summed E-state index contributed by atoms with van der Waals surface area (Å²) in [6, 6.07) is 13.6. The molecule has 5 aliphatic heterocycles. The van der Waals surface area contributed by atoms with E-state index >= 15 is 0 Å². The number of hydrogen-bond donors (Lipinski definition) is 4. The number of H-pyrrole nitrogens is 2. The molecule has 2 fully saturated rings. The van der Waals surface area contributed by atoms with E-state index in [1.807, 2.05) is 98.7 Å². The van der Waals surface area contributed by atoms with Gasteiger partial charge in [-0.15, -0.1) is 10.2 Å². The number of carbonyl (C=O) groups excluding carboxylic acids is 1. The summed E-state index contributed by atoms with van der Waals surface area (Å²) < 4.78 is 69.9. The van der Waals surface area contributed by atoms with Crippen LogP contribution in [-0.4, -0.2) is 180 Å². The van der Waals surface area contributed by atoms with Crippen LogP contribution >= 0.6 is 0 Å². The first-order valence-electron chi connectivity index (χ1n) is 41.8. The number of anilines is 3. The molecule has 30 nitrogen and oxygen atoms in total. The molecule has 32 heteroatoms. The summed E-state index contributed by atoms with van der Waals surface area (Å²) in [5.74, 6) is 8.27. The number of aromatic amines is 2. The Bertz CT molecular complexity index is 5240. The lowest BCUT2D eigenvalue weighted by atomic mass is 10.1. The molecule has 2 saturated heterocycles. The fourth-order valence-corrected chi connectivity index (χ4v) is 13.5. The molecule has 0 aromatic carbocycles. The van der Waals surface area contributed by atoms with Gasteiger partial charge in [0.1, 0.15) is 36.9 Å². The molecule has 5 aliphatic rings. The largest absolute Gasteiger partial charge is 0.484 e. The molecule has 123 heavy (non-hydrogen) atoms. The SMILES string of the molecule is C.C.CC(C)c1cnc2[nH]c(=O)[nH]c2c1.CC(C)c1cnc2c(c1)NCCO2.CC(C)c1cnc2c(c1)OCCO2.CC(C)c1cnc2nncn2c1.CC(C)c1cncc(N2CCCC2=O)c1.CC(C)c1cncc(N2CCOCC2)c1.CC(C)c1cncc(S(C)(=O)=O)c1.CC(C)c1cncc(S(N)(=O)=O)c1.CCN1CCn2c(C(C)C)cnc2C1. The molecule has 5 N–H and O–H groups in total. The van der Waals surface area contributed by atoms with E-state index in [4.69, 9.17) is 24.1 Å². The minimum absolute atomic E-state index is 0. The number of pyridine rings is 7. The number of aromatic nitrogens is 15. The monoisotopic (exact) mass is 1730 g/mol. The predicted molar refractivity (Wildman–Crippen MR) is 490 cm³/mol. The van der Waals surface area contributed by atoms with Crippen LogP contribution in [-0.2, 0) is 42.5 Å². The van der Waals surface area contributed by atoms with E-state index in [0.29, 0.717) is 95.8 Å². The van der Waals surface area contributed by atoms with Gasteiger partial charge in [0.25, 0.3) is 11.7 Å². The van der Waals surface area contributed by atoms with Crippen molar-refractivity contribution in [3.63, 3.8) is 0 Å². The van der Waals surface area contributed by atoms with Crippen LogP contribution in [0.5, 0.6) is 17.5 Å². The van der Waals surface area contributed by atoms with Gasteiger partial charge in [-0.3, -0.25) is 39.0 Å². The molecule has 16 heterocycles. The average Bonchev–Trinajstić information content (AvgIpc) is 1.70. The minimum Gasteiger partial charge on any atom is -0.484 e. The molecule has 1 amide bonds. The molecule has 0 radical (unpaired) electrons. The van der Waals surface area contributed by atoms with Gasteiger partial charge in [0.2, 0.25) is 21.8 Å². The number of carbonyl (C=O) groups is 1. The summed E-state index contributed by atoms with van der Waals surface area (Å²) >= 11 is 0. The lowest BCUT2D eigenvalue weighted by Crippen LogP contribution is -2.36. The van der Waals surface area contributed by atoms with E-state index in [0.717, 1.165) is 111 Å². The van der Waals surface area contributed by atoms with E-state index in [-0.39, 0.29) is 37.3 Å². The Hall–Kier alpha value is -10.7. The number of nitrogens with one attached hydrogen (secondary N) is 3. The lowest BCUT2D eigenvalue weighted by Gasteiger charge is -2.29. The Balaban J connectivity index is 0.000000214. The van der Waals surface area contributed by atoms with Gasteiger partial charge >= 0.3 is 5.69 Å². The predicted octanol–water partition coefficient (Wildman–Crippen LogP) is 16.6. The van der Waals surface area contributed by atoms with Crippen LogP contribution in [0.3, 0.4) is 0 Å². The van der Waals surface area contributed by atoms with Crippen LogP contribution in [0, 0.1) is 0 Å². The summed E-state index contributed by atoms with van der Waals surface area (Å²) in [6.07, 6.45) is 29.4.